The van der Waals surface area contributed by atoms with Crippen LogP contribution in [-0.2, 0) is 11.8 Å². The van der Waals surface area contributed by atoms with Gasteiger partial charge in [-0.3, -0.25) is 0 Å². The van der Waals surface area contributed by atoms with Gasteiger partial charge in [0, 0.05) is 31.4 Å². The second-order valence-electron chi connectivity index (χ2n) is 8.94. The standard InChI is InChI=1S/C23H29N7O/c1-23(2,3)13-27-21-20-16(8-9-25-21)11-26-22(29-20)28-17-7-6-15(10-19(17)31-5)18-12-24-14-30(18)4/h6,8-12,14,17H,7,13H2,1-5H3,(H,25,27)(H,26,28,29). The fraction of sp³-hybridized carbons (Fsp3) is 0.391. The number of pyridine rings is 1. The van der Waals surface area contributed by atoms with Crippen molar-refractivity contribution in [3.63, 3.8) is 0 Å². The molecule has 1 aliphatic rings. The van der Waals surface area contributed by atoms with Crippen molar-refractivity contribution in [2.75, 3.05) is 24.3 Å². The van der Waals surface area contributed by atoms with Crippen molar-refractivity contribution in [2.24, 2.45) is 12.5 Å². The van der Waals surface area contributed by atoms with E-state index >= 15 is 0 Å². The van der Waals surface area contributed by atoms with Crippen LogP contribution in [0.5, 0.6) is 0 Å². The number of imidazole rings is 1. The molecule has 0 bridgehead atoms. The molecule has 3 aromatic heterocycles. The lowest BCUT2D eigenvalue weighted by atomic mass is 9.97. The van der Waals surface area contributed by atoms with Crippen molar-refractivity contribution in [3.05, 3.63) is 54.6 Å². The summed E-state index contributed by atoms with van der Waals surface area (Å²) in [4.78, 5) is 18.0. The van der Waals surface area contributed by atoms with Crippen molar-refractivity contribution in [3.8, 4) is 0 Å². The van der Waals surface area contributed by atoms with Crippen molar-refractivity contribution in [1.29, 1.82) is 0 Å². The molecule has 0 aliphatic heterocycles. The Balaban J connectivity index is 1.56. The molecule has 8 heteroatoms. The fourth-order valence-electron chi connectivity index (χ4n) is 3.48. The molecule has 1 aliphatic carbocycles. The third-order valence-electron chi connectivity index (χ3n) is 5.15. The summed E-state index contributed by atoms with van der Waals surface area (Å²) in [6.45, 7) is 7.35. The molecule has 4 rings (SSSR count). The highest BCUT2D eigenvalue weighted by Crippen LogP contribution is 2.28. The summed E-state index contributed by atoms with van der Waals surface area (Å²) < 4.78 is 7.67. The van der Waals surface area contributed by atoms with E-state index in [1.165, 1.54) is 0 Å². The lowest BCUT2D eigenvalue weighted by Crippen LogP contribution is -2.26. The molecule has 0 radical (unpaired) electrons. The van der Waals surface area contributed by atoms with Crippen LogP contribution >= 0.6 is 0 Å². The number of hydrogen-bond acceptors (Lipinski definition) is 7. The minimum absolute atomic E-state index is 0.0536. The van der Waals surface area contributed by atoms with Crippen LogP contribution in [0.1, 0.15) is 32.9 Å². The zero-order valence-corrected chi connectivity index (χ0v) is 18.7. The molecule has 2 N–H and O–H groups in total. The van der Waals surface area contributed by atoms with Crippen LogP contribution in [0, 0.1) is 5.41 Å². The number of fused-ring (bicyclic) bond motifs is 1. The number of hydrogen-bond donors (Lipinski definition) is 2. The van der Waals surface area contributed by atoms with Gasteiger partial charge in [0.2, 0.25) is 5.95 Å². The van der Waals surface area contributed by atoms with Gasteiger partial charge in [0.25, 0.3) is 0 Å². The van der Waals surface area contributed by atoms with E-state index in [4.69, 9.17) is 9.72 Å². The first-order valence-corrected chi connectivity index (χ1v) is 10.4. The number of rotatable bonds is 6. The minimum Gasteiger partial charge on any atom is -0.499 e. The fourth-order valence-corrected chi connectivity index (χ4v) is 3.48. The topological polar surface area (TPSA) is 89.8 Å². The monoisotopic (exact) mass is 419 g/mol. The summed E-state index contributed by atoms with van der Waals surface area (Å²) >= 11 is 0. The maximum absolute atomic E-state index is 5.68. The molecule has 1 unspecified atom stereocenters. The smallest absolute Gasteiger partial charge is 0.223 e. The summed E-state index contributed by atoms with van der Waals surface area (Å²) in [5.74, 6) is 2.15. The second kappa shape index (κ2) is 8.37. The molecule has 0 saturated carbocycles. The van der Waals surface area contributed by atoms with Crippen LogP contribution in [0.4, 0.5) is 11.8 Å². The number of allylic oxidation sites excluding steroid dienone is 2. The molecule has 1 atom stereocenters. The lowest BCUT2D eigenvalue weighted by Gasteiger charge is -2.24. The van der Waals surface area contributed by atoms with Gasteiger partial charge in [-0.25, -0.2) is 19.9 Å². The predicted octanol–water partition coefficient (Wildman–Crippen LogP) is 4.01. The van der Waals surface area contributed by atoms with Gasteiger partial charge >= 0.3 is 0 Å². The molecular formula is C23H29N7O. The SMILES string of the molecule is COC1=CC(c2cncn2C)=CCC1Nc1ncc2ccnc(NCC(C)(C)C)c2n1. The quantitative estimate of drug-likeness (QED) is 0.624. The van der Waals surface area contributed by atoms with Crippen LogP contribution in [0.15, 0.2) is 48.9 Å². The Bertz CT molecular complexity index is 1140. The van der Waals surface area contributed by atoms with Crippen LogP contribution in [0.3, 0.4) is 0 Å². The Kier molecular flexibility index (Phi) is 5.63. The maximum atomic E-state index is 5.68. The second-order valence-corrected chi connectivity index (χ2v) is 8.94. The molecule has 0 aromatic carbocycles. The van der Waals surface area contributed by atoms with E-state index in [-0.39, 0.29) is 11.5 Å². The van der Waals surface area contributed by atoms with E-state index in [0.717, 1.165) is 46.7 Å². The van der Waals surface area contributed by atoms with E-state index < -0.39 is 0 Å². The zero-order valence-electron chi connectivity index (χ0n) is 18.7. The number of methoxy groups -OCH3 is 1. The van der Waals surface area contributed by atoms with Crippen LogP contribution < -0.4 is 10.6 Å². The number of nitrogens with one attached hydrogen (secondary N) is 2. The Morgan fingerprint density at radius 3 is 2.77 bits per heavy atom. The number of nitrogens with zero attached hydrogens (tertiary/aromatic N) is 5. The third-order valence-corrected chi connectivity index (χ3v) is 5.15. The molecule has 0 amide bonds. The molecule has 162 valence electrons. The normalized spacial score (nSPS) is 16.6. The van der Waals surface area contributed by atoms with Gasteiger partial charge in [0.15, 0.2) is 5.82 Å². The van der Waals surface area contributed by atoms with E-state index in [0.29, 0.717) is 5.95 Å². The highest BCUT2D eigenvalue weighted by molar-refractivity contribution is 5.88. The molecule has 0 fully saturated rings. The highest BCUT2D eigenvalue weighted by Gasteiger charge is 2.22. The van der Waals surface area contributed by atoms with Crippen molar-refractivity contribution >= 4 is 28.2 Å². The van der Waals surface area contributed by atoms with Gasteiger partial charge in [-0.15, -0.1) is 0 Å². The average Bonchev–Trinajstić information content (AvgIpc) is 3.18. The first-order valence-electron chi connectivity index (χ1n) is 10.4. The van der Waals surface area contributed by atoms with Gasteiger partial charge in [0.1, 0.15) is 11.3 Å². The molecule has 8 nitrogen and oxygen atoms in total. The Morgan fingerprint density at radius 2 is 2.06 bits per heavy atom. The molecule has 0 spiro atoms. The van der Waals surface area contributed by atoms with E-state index in [2.05, 4.69) is 52.4 Å². The number of aromatic nitrogens is 5. The zero-order chi connectivity index (χ0) is 22.0. The first-order chi connectivity index (χ1) is 14.8. The largest absolute Gasteiger partial charge is 0.499 e. The van der Waals surface area contributed by atoms with Gasteiger partial charge in [0.05, 0.1) is 31.4 Å². The third kappa shape index (κ3) is 4.68. The summed E-state index contributed by atoms with van der Waals surface area (Å²) in [6, 6.07) is 1.87. The van der Waals surface area contributed by atoms with E-state index in [9.17, 15) is 0 Å². The molecule has 3 heterocycles. The van der Waals surface area contributed by atoms with Gasteiger partial charge in [-0.1, -0.05) is 26.8 Å². The van der Waals surface area contributed by atoms with Crippen molar-refractivity contribution in [2.45, 2.75) is 33.2 Å². The van der Waals surface area contributed by atoms with Crippen LogP contribution in [0.25, 0.3) is 16.5 Å². The molecule has 0 saturated heterocycles. The minimum atomic E-state index is -0.0536. The Hall–Kier alpha value is -3.42. The number of anilines is 2. The first kappa shape index (κ1) is 20.8. The molecule has 3 aromatic rings. The van der Waals surface area contributed by atoms with E-state index in [1.54, 1.807) is 19.6 Å². The van der Waals surface area contributed by atoms with E-state index in [1.807, 2.05) is 36.2 Å². The highest BCUT2D eigenvalue weighted by atomic mass is 16.5. The molecule has 31 heavy (non-hydrogen) atoms. The van der Waals surface area contributed by atoms with Gasteiger partial charge < -0.3 is 19.9 Å². The lowest BCUT2D eigenvalue weighted by molar-refractivity contribution is 0.268. The Morgan fingerprint density at radius 1 is 1.23 bits per heavy atom. The maximum Gasteiger partial charge on any atom is 0.223 e. The summed E-state index contributed by atoms with van der Waals surface area (Å²) in [7, 11) is 3.67. The van der Waals surface area contributed by atoms with Crippen LogP contribution in [0.2, 0.25) is 0 Å². The Labute approximate surface area is 182 Å². The summed E-state index contributed by atoms with van der Waals surface area (Å²) in [6.07, 6.45) is 12.2. The van der Waals surface area contributed by atoms with Crippen molar-refractivity contribution in [1.82, 2.24) is 24.5 Å². The predicted molar refractivity (Wildman–Crippen MR) is 124 cm³/mol. The number of ether oxygens (including phenoxy) is 1. The van der Waals surface area contributed by atoms with Gasteiger partial charge in [-0.05, 0) is 29.6 Å². The van der Waals surface area contributed by atoms with Gasteiger partial charge in [-0.2, -0.15) is 0 Å². The van der Waals surface area contributed by atoms with Crippen molar-refractivity contribution < 1.29 is 4.74 Å². The number of aryl methyl sites for hydroxylation is 1. The summed E-state index contributed by atoms with van der Waals surface area (Å²) in [5.41, 5.74) is 3.08. The van der Waals surface area contributed by atoms with Crippen LogP contribution in [-0.4, -0.2) is 44.2 Å². The summed E-state index contributed by atoms with van der Waals surface area (Å²) in [5, 5.41) is 7.78. The average molecular weight is 420 g/mol. The molecular weight excluding hydrogens is 390 g/mol.